The summed E-state index contributed by atoms with van der Waals surface area (Å²) in [6.45, 7) is 4.41. The SMILES string of the molecule is CCCCCc1ccc(C(=O)Nc2cccc3c(=O)cc(C(=O)OCCCC)oc23)cc1. The van der Waals surface area contributed by atoms with Crippen LogP contribution in [-0.4, -0.2) is 18.5 Å². The number of esters is 1. The van der Waals surface area contributed by atoms with Crippen LogP contribution in [0.1, 0.15) is 72.4 Å². The summed E-state index contributed by atoms with van der Waals surface area (Å²) in [6.07, 6.45) is 6.07. The zero-order valence-corrected chi connectivity index (χ0v) is 18.6. The maximum Gasteiger partial charge on any atom is 0.374 e. The first-order valence-electron chi connectivity index (χ1n) is 11.2. The van der Waals surface area contributed by atoms with Crippen LogP contribution in [0.25, 0.3) is 11.0 Å². The van der Waals surface area contributed by atoms with Gasteiger partial charge in [0, 0.05) is 11.6 Å². The van der Waals surface area contributed by atoms with E-state index in [1.165, 1.54) is 18.4 Å². The summed E-state index contributed by atoms with van der Waals surface area (Å²) in [7, 11) is 0. The third-order valence-corrected chi connectivity index (χ3v) is 5.22. The van der Waals surface area contributed by atoms with E-state index in [0.29, 0.717) is 11.3 Å². The van der Waals surface area contributed by atoms with Gasteiger partial charge in [0.15, 0.2) is 11.0 Å². The summed E-state index contributed by atoms with van der Waals surface area (Å²) in [6, 6.07) is 13.5. The molecule has 0 spiro atoms. The van der Waals surface area contributed by atoms with Crippen LogP contribution in [0.5, 0.6) is 0 Å². The molecule has 168 valence electrons. The molecule has 0 saturated heterocycles. The first kappa shape index (κ1) is 23.3. The molecule has 0 aliphatic carbocycles. The van der Waals surface area contributed by atoms with Crippen LogP contribution in [0.3, 0.4) is 0 Å². The quantitative estimate of drug-likeness (QED) is 0.324. The zero-order valence-electron chi connectivity index (χ0n) is 18.6. The number of fused-ring (bicyclic) bond motifs is 1. The molecule has 0 unspecified atom stereocenters. The second-order valence-electron chi connectivity index (χ2n) is 7.75. The van der Waals surface area contributed by atoms with E-state index >= 15 is 0 Å². The predicted molar refractivity (Wildman–Crippen MR) is 125 cm³/mol. The molecule has 0 bridgehead atoms. The number of nitrogens with one attached hydrogen (secondary N) is 1. The first-order valence-corrected chi connectivity index (χ1v) is 11.2. The standard InChI is InChI=1S/C26H29NO5/c1-3-5-7-9-18-12-14-19(15-13-18)25(29)27-21-11-8-10-20-22(28)17-23(32-24(20)21)26(30)31-16-6-4-2/h8,10-15,17H,3-7,9,16H2,1-2H3,(H,27,29). The van der Waals surface area contributed by atoms with Crippen molar-refractivity contribution in [3.05, 3.63) is 75.6 Å². The second-order valence-corrected chi connectivity index (χ2v) is 7.75. The Kier molecular flexibility index (Phi) is 8.20. The van der Waals surface area contributed by atoms with Crippen molar-refractivity contribution in [1.82, 2.24) is 0 Å². The first-order chi connectivity index (χ1) is 15.5. The number of aryl methyl sites for hydroxylation is 1. The molecule has 6 nitrogen and oxygen atoms in total. The van der Waals surface area contributed by atoms with E-state index in [4.69, 9.17) is 9.15 Å². The van der Waals surface area contributed by atoms with Gasteiger partial charge in [-0.3, -0.25) is 9.59 Å². The van der Waals surface area contributed by atoms with Gasteiger partial charge >= 0.3 is 5.97 Å². The molecule has 2 aromatic carbocycles. The Balaban J connectivity index is 1.81. The lowest BCUT2D eigenvalue weighted by atomic mass is 10.0. The average Bonchev–Trinajstić information content (AvgIpc) is 2.80. The minimum atomic E-state index is -0.697. The van der Waals surface area contributed by atoms with Gasteiger partial charge in [0.1, 0.15) is 0 Å². The Hall–Kier alpha value is -3.41. The van der Waals surface area contributed by atoms with Crippen LogP contribution < -0.4 is 10.7 Å². The zero-order chi connectivity index (χ0) is 22.9. The number of ether oxygens (including phenoxy) is 1. The van der Waals surface area contributed by atoms with Crippen molar-refractivity contribution < 1.29 is 18.7 Å². The number of hydrogen-bond acceptors (Lipinski definition) is 5. The Morgan fingerprint density at radius 3 is 2.44 bits per heavy atom. The molecule has 0 atom stereocenters. The van der Waals surface area contributed by atoms with Crippen molar-refractivity contribution >= 4 is 28.5 Å². The highest BCUT2D eigenvalue weighted by atomic mass is 16.5. The van der Waals surface area contributed by atoms with Crippen molar-refractivity contribution in [2.45, 2.75) is 52.4 Å². The number of anilines is 1. The van der Waals surface area contributed by atoms with Crippen LogP contribution in [0, 0.1) is 0 Å². The lowest BCUT2D eigenvalue weighted by Crippen LogP contribution is -2.14. The number of rotatable bonds is 10. The Morgan fingerprint density at radius 2 is 1.72 bits per heavy atom. The van der Waals surface area contributed by atoms with Gasteiger partial charge < -0.3 is 14.5 Å². The normalized spacial score (nSPS) is 10.8. The highest BCUT2D eigenvalue weighted by molar-refractivity contribution is 6.08. The molecule has 0 radical (unpaired) electrons. The van der Waals surface area contributed by atoms with E-state index in [-0.39, 0.29) is 34.7 Å². The highest BCUT2D eigenvalue weighted by Gasteiger charge is 2.17. The molecular weight excluding hydrogens is 406 g/mol. The molecule has 0 fully saturated rings. The average molecular weight is 436 g/mol. The summed E-state index contributed by atoms with van der Waals surface area (Å²) in [5.74, 6) is -1.20. The minimum Gasteiger partial charge on any atom is -0.460 e. The van der Waals surface area contributed by atoms with Gasteiger partial charge in [0.25, 0.3) is 5.91 Å². The minimum absolute atomic E-state index is 0.145. The molecule has 1 aromatic heterocycles. The van der Waals surface area contributed by atoms with Crippen molar-refractivity contribution in [3.63, 3.8) is 0 Å². The molecule has 32 heavy (non-hydrogen) atoms. The topological polar surface area (TPSA) is 85.6 Å². The van der Waals surface area contributed by atoms with Crippen LogP contribution in [-0.2, 0) is 11.2 Å². The number of carbonyl (C=O) groups is 2. The van der Waals surface area contributed by atoms with Crippen molar-refractivity contribution in [2.75, 3.05) is 11.9 Å². The number of carbonyl (C=O) groups excluding carboxylic acids is 2. The molecule has 0 saturated carbocycles. The summed E-state index contributed by atoms with van der Waals surface area (Å²) >= 11 is 0. The van der Waals surface area contributed by atoms with Gasteiger partial charge in [-0.15, -0.1) is 0 Å². The van der Waals surface area contributed by atoms with Crippen LogP contribution in [0.2, 0.25) is 0 Å². The Bertz CT molecular complexity index is 1130. The fourth-order valence-corrected chi connectivity index (χ4v) is 3.35. The van der Waals surface area contributed by atoms with E-state index < -0.39 is 5.97 Å². The Labute approximate surface area is 187 Å². The maximum absolute atomic E-state index is 12.8. The predicted octanol–water partition coefficient (Wildman–Crippen LogP) is 5.73. The van der Waals surface area contributed by atoms with Crippen molar-refractivity contribution in [2.24, 2.45) is 0 Å². The molecule has 1 heterocycles. The number of benzene rings is 2. The van der Waals surface area contributed by atoms with Gasteiger partial charge in [0.2, 0.25) is 5.76 Å². The molecule has 0 aliphatic heterocycles. The van der Waals surface area contributed by atoms with Gasteiger partial charge in [-0.2, -0.15) is 0 Å². The monoisotopic (exact) mass is 435 g/mol. The van der Waals surface area contributed by atoms with Gasteiger partial charge in [-0.1, -0.05) is 51.3 Å². The van der Waals surface area contributed by atoms with E-state index in [0.717, 1.165) is 31.7 Å². The highest BCUT2D eigenvalue weighted by Crippen LogP contribution is 2.23. The second kappa shape index (κ2) is 11.3. The molecule has 6 heteroatoms. The van der Waals surface area contributed by atoms with Crippen molar-refractivity contribution in [3.8, 4) is 0 Å². The molecule has 3 rings (SSSR count). The van der Waals surface area contributed by atoms with E-state index in [2.05, 4.69) is 12.2 Å². The summed E-state index contributed by atoms with van der Waals surface area (Å²) < 4.78 is 10.8. The van der Waals surface area contributed by atoms with Crippen molar-refractivity contribution in [1.29, 1.82) is 0 Å². The number of hydrogen-bond donors (Lipinski definition) is 1. The molecule has 1 N–H and O–H groups in total. The maximum atomic E-state index is 12.8. The number of amides is 1. The summed E-state index contributed by atoms with van der Waals surface area (Å²) in [5.41, 5.74) is 1.78. The number of para-hydroxylation sites is 1. The third-order valence-electron chi connectivity index (χ3n) is 5.22. The van der Waals surface area contributed by atoms with Crippen LogP contribution >= 0.6 is 0 Å². The summed E-state index contributed by atoms with van der Waals surface area (Å²) in [4.78, 5) is 37.5. The number of unbranched alkanes of at least 4 members (excludes halogenated alkanes) is 3. The largest absolute Gasteiger partial charge is 0.460 e. The van der Waals surface area contributed by atoms with Gasteiger partial charge in [-0.05, 0) is 49.1 Å². The fraction of sp³-hybridized carbons (Fsp3) is 0.346. The lowest BCUT2D eigenvalue weighted by molar-refractivity contribution is 0.0464. The molecule has 1 amide bonds. The molecule has 0 aliphatic rings. The molecular formula is C26H29NO5. The van der Waals surface area contributed by atoms with Crippen LogP contribution in [0.15, 0.2) is 57.7 Å². The van der Waals surface area contributed by atoms with E-state index in [1.807, 2.05) is 19.1 Å². The summed E-state index contributed by atoms with van der Waals surface area (Å²) in [5, 5.41) is 3.07. The van der Waals surface area contributed by atoms with E-state index in [9.17, 15) is 14.4 Å². The fourth-order valence-electron chi connectivity index (χ4n) is 3.35. The van der Waals surface area contributed by atoms with Gasteiger partial charge in [-0.25, -0.2) is 4.79 Å². The van der Waals surface area contributed by atoms with E-state index in [1.54, 1.807) is 30.3 Å². The smallest absolute Gasteiger partial charge is 0.374 e. The third kappa shape index (κ3) is 5.84. The lowest BCUT2D eigenvalue weighted by Gasteiger charge is -2.10. The Morgan fingerprint density at radius 1 is 0.969 bits per heavy atom. The van der Waals surface area contributed by atoms with Gasteiger partial charge in [0.05, 0.1) is 17.7 Å². The van der Waals surface area contributed by atoms with Crippen LogP contribution in [0.4, 0.5) is 5.69 Å². The molecule has 3 aromatic rings.